The topological polar surface area (TPSA) is 60.5 Å². The fourth-order valence-corrected chi connectivity index (χ4v) is 3.12. The molecule has 0 amide bonds. The van der Waals surface area contributed by atoms with Crippen LogP contribution in [0.15, 0.2) is 36.9 Å². The molecule has 3 aromatic heterocycles. The Morgan fingerprint density at radius 2 is 2.30 bits per heavy atom. The van der Waals surface area contributed by atoms with Crippen LogP contribution < -0.4 is 0 Å². The summed E-state index contributed by atoms with van der Waals surface area (Å²) in [6.45, 7) is 6.27. The molecule has 0 bridgehead atoms. The van der Waals surface area contributed by atoms with Crippen molar-refractivity contribution in [2.75, 3.05) is 19.7 Å². The zero-order chi connectivity index (χ0) is 15.6. The van der Waals surface area contributed by atoms with Gasteiger partial charge in [-0.25, -0.2) is 4.98 Å². The minimum absolute atomic E-state index is 0.0202. The van der Waals surface area contributed by atoms with Crippen LogP contribution in [0.1, 0.15) is 24.5 Å². The van der Waals surface area contributed by atoms with Gasteiger partial charge in [-0.3, -0.25) is 4.90 Å². The highest BCUT2D eigenvalue weighted by atomic mass is 16.5. The van der Waals surface area contributed by atoms with Crippen LogP contribution in [0.25, 0.3) is 5.65 Å². The van der Waals surface area contributed by atoms with Crippen molar-refractivity contribution in [2.45, 2.75) is 26.1 Å². The number of aromatic nitrogens is 5. The van der Waals surface area contributed by atoms with Crippen LogP contribution in [0.4, 0.5) is 0 Å². The molecule has 4 heterocycles. The highest BCUT2D eigenvalue weighted by Gasteiger charge is 2.26. The van der Waals surface area contributed by atoms with Crippen molar-refractivity contribution in [3.05, 3.63) is 48.4 Å². The second kappa shape index (κ2) is 6.10. The van der Waals surface area contributed by atoms with Crippen molar-refractivity contribution < 1.29 is 4.74 Å². The molecule has 0 unspecified atom stereocenters. The Hall–Kier alpha value is -2.25. The maximum atomic E-state index is 5.92. The number of imidazole rings is 1. The summed E-state index contributed by atoms with van der Waals surface area (Å²) in [6, 6.07) is 6.23. The van der Waals surface area contributed by atoms with Gasteiger partial charge in [0.05, 0.1) is 6.61 Å². The van der Waals surface area contributed by atoms with E-state index >= 15 is 0 Å². The molecule has 7 heteroatoms. The van der Waals surface area contributed by atoms with Gasteiger partial charge in [-0.1, -0.05) is 6.07 Å². The summed E-state index contributed by atoms with van der Waals surface area (Å²) in [6.07, 6.45) is 5.60. The van der Waals surface area contributed by atoms with Crippen molar-refractivity contribution in [1.29, 1.82) is 0 Å². The molecule has 120 valence electrons. The fraction of sp³-hybridized carbons (Fsp3) is 0.438. The average Bonchev–Trinajstić information content (AvgIpc) is 3.24. The summed E-state index contributed by atoms with van der Waals surface area (Å²) in [5, 5.41) is 8.25. The molecule has 23 heavy (non-hydrogen) atoms. The third kappa shape index (κ3) is 2.73. The van der Waals surface area contributed by atoms with Crippen LogP contribution in [0, 0.1) is 0 Å². The number of nitrogens with zero attached hydrogens (tertiary/aromatic N) is 6. The number of aryl methyl sites for hydroxylation is 1. The molecule has 3 aromatic rings. The van der Waals surface area contributed by atoms with Crippen LogP contribution in [-0.2, 0) is 17.8 Å². The van der Waals surface area contributed by atoms with Crippen molar-refractivity contribution in [3.8, 4) is 0 Å². The first-order valence-electron chi connectivity index (χ1n) is 7.98. The first-order valence-corrected chi connectivity index (χ1v) is 7.98. The molecule has 1 saturated heterocycles. The zero-order valence-electron chi connectivity index (χ0n) is 13.2. The van der Waals surface area contributed by atoms with Crippen molar-refractivity contribution in [2.24, 2.45) is 0 Å². The van der Waals surface area contributed by atoms with E-state index in [0.717, 1.165) is 37.7 Å². The molecule has 0 aromatic carbocycles. The highest BCUT2D eigenvalue weighted by Crippen LogP contribution is 2.22. The lowest BCUT2D eigenvalue weighted by atomic mass is 10.2. The van der Waals surface area contributed by atoms with E-state index < -0.39 is 0 Å². The Bertz CT molecular complexity index is 795. The molecule has 0 saturated carbocycles. The molecule has 0 spiro atoms. The van der Waals surface area contributed by atoms with E-state index in [1.165, 1.54) is 5.69 Å². The number of ether oxygens (including phenoxy) is 1. The van der Waals surface area contributed by atoms with Gasteiger partial charge in [0.1, 0.15) is 18.1 Å². The van der Waals surface area contributed by atoms with E-state index in [9.17, 15) is 0 Å². The number of hydrogen-bond donors (Lipinski definition) is 0. The maximum absolute atomic E-state index is 5.92. The molecular weight excluding hydrogens is 292 g/mol. The standard InChI is InChI=1S/C16H20N6O/c1-2-21-12-18-19-16(21)14-11-20(8-9-23-14)10-13-4-3-5-15-17-6-7-22(13)15/h3-7,12,14H,2,8-11H2,1H3/t14-/m1/s1. The van der Waals surface area contributed by atoms with Crippen molar-refractivity contribution in [1.82, 2.24) is 29.0 Å². The Kier molecular flexibility index (Phi) is 3.80. The Balaban J connectivity index is 1.53. The Morgan fingerprint density at radius 1 is 1.35 bits per heavy atom. The van der Waals surface area contributed by atoms with Gasteiger partial charge in [0.15, 0.2) is 5.82 Å². The van der Waals surface area contributed by atoms with Gasteiger partial charge < -0.3 is 13.7 Å². The number of hydrogen-bond acceptors (Lipinski definition) is 5. The van der Waals surface area contributed by atoms with E-state index in [1.807, 2.05) is 23.0 Å². The SMILES string of the molecule is CCn1cnnc1[C@H]1CN(Cc2cccc3nccn23)CCO1. The number of pyridine rings is 1. The van der Waals surface area contributed by atoms with E-state index in [-0.39, 0.29) is 6.10 Å². The highest BCUT2D eigenvalue weighted by molar-refractivity contribution is 5.39. The van der Waals surface area contributed by atoms with Gasteiger partial charge >= 0.3 is 0 Å². The quantitative estimate of drug-likeness (QED) is 0.731. The average molecular weight is 312 g/mol. The number of fused-ring (bicyclic) bond motifs is 1. The summed E-state index contributed by atoms with van der Waals surface area (Å²) in [4.78, 5) is 6.75. The van der Waals surface area contributed by atoms with Crippen LogP contribution in [0.2, 0.25) is 0 Å². The molecule has 1 aliphatic heterocycles. The number of rotatable bonds is 4. The zero-order valence-corrected chi connectivity index (χ0v) is 13.2. The normalized spacial score (nSPS) is 19.4. The van der Waals surface area contributed by atoms with E-state index in [4.69, 9.17) is 4.74 Å². The lowest BCUT2D eigenvalue weighted by Crippen LogP contribution is -2.39. The van der Waals surface area contributed by atoms with Gasteiger partial charge in [-0.05, 0) is 19.1 Å². The minimum Gasteiger partial charge on any atom is -0.368 e. The van der Waals surface area contributed by atoms with Crippen molar-refractivity contribution >= 4 is 5.65 Å². The van der Waals surface area contributed by atoms with Crippen LogP contribution in [-0.4, -0.2) is 48.7 Å². The second-order valence-electron chi connectivity index (χ2n) is 5.74. The summed E-state index contributed by atoms with van der Waals surface area (Å²) < 4.78 is 10.1. The van der Waals surface area contributed by atoms with Crippen LogP contribution in [0.3, 0.4) is 0 Å². The van der Waals surface area contributed by atoms with Crippen molar-refractivity contribution in [3.63, 3.8) is 0 Å². The summed E-state index contributed by atoms with van der Waals surface area (Å²) in [5.74, 6) is 0.915. The molecular formula is C16H20N6O. The predicted molar refractivity (Wildman–Crippen MR) is 84.9 cm³/mol. The molecule has 0 N–H and O–H groups in total. The maximum Gasteiger partial charge on any atom is 0.163 e. The third-order valence-corrected chi connectivity index (χ3v) is 4.32. The first-order chi connectivity index (χ1) is 11.3. The molecule has 1 aliphatic rings. The lowest BCUT2D eigenvalue weighted by molar-refractivity contribution is -0.0393. The monoisotopic (exact) mass is 312 g/mol. The minimum atomic E-state index is -0.0202. The molecule has 1 atom stereocenters. The molecule has 0 radical (unpaired) electrons. The number of morpholine rings is 1. The summed E-state index contributed by atoms with van der Waals surface area (Å²) in [7, 11) is 0. The largest absolute Gasteiger partial charge is 0.368 e. The van der Waals surface area contributed by atoms with Gasteiger partial charge in [-0.15, -0.1) is 10.2 Å². The van der Waals surface area contributed by atoms with Gasteiger partial charge in [0.2, 0.25) is 0 Å². The molecule has 4 rings (SSSR count). The fourth-order valence-electron chi connectivity index (χ4n) is 3.12. The summed E-state index contributed by atoms with van der Waals surface area (Å²) in [5.41, 5.74) is 2.22. The lowest BCUT2D eigenvalue weighted by Gasteiger charge is -2.32. The van der Waals surface area contributed by atoms with E-state index in [2.05, 4.69) is 43.5 Å². The van der Waals surface area contributed by atoms with Gasteiger partial charge in [0, 0.05) is 44.3 Å². The predicted octanol–water partition coefficient (Wildman–Crippen LogP) is 1.52. The van der Waals surface area contributed by atoms with Gasteiger partial charge in [0.25, 0.3) is 0 Å². The van der Waals surface area contributed by atoms with Gasteiger partial charge in [-0.2, -0.15) is 0 Å². The van der Waals surface area contributed by atoms with E-state index in [1.54, 1.807) is 6.33 Å². The first kappa shape index (κ1) is 14.3. The summed E-state index contributed by atoms with van der Waals surface area (Å²) >= 11 is 0. The Morgan fingerprint density at radius 3 is 3.22 bits per heavy atom. The van der Waals surface area contributed by atoms with E-state index in [0.29, 0.717) is 6.61 Å². The molecule has 0 aliphatic carbocycles. The Labute approximate surface area is 134 Å². The smallest absolute Gasteiger partial charge is 0.163 e. The third-order valence-electron chi connectivity index (χ3n) is 4.32. The molecule has 7 nitrogen and oxygen atoms in total. The van der Waals surface area contributed by atoms with Crippen LogP contribution >= 0.6 is 0 Å². The van der Waals surface area contributed by atoms with Crippen LogP contribution in [0.5, 0.6) is 0 Å². The molecule has 1 fully saturated rings. The second-order valence-corrected chi connectivity index (χ2v) is 5.74.